The Bertz CT molecular complexity index is 1370. The van der Waals surface area contributed by atoms with Gasteiger partial charge in [-0.2, -0.15) is 5.26 Å². The van der Waals surface area contributed by atoms with Crippen LogP contribution in [0.15, 0.2) is 42.0 Å². The van der Waals surface area contributed by atoms with Gasteiger partial charge in [-0.05, 0) is 50.5 Å². The minimum Gasteiger partial charge on any atom is -0.323 e. The molecule has 0 aliphatic heterocycles. The minimum atomic E-state index is -3.45. The fourth-order valence-electron chi connectivity index (χ4n) is 3.04. The number of thiazole rings is 1. The van der Waals surface area contributed by atoms with Crippen LogP contribution in [-0.4, -0.2) is 29.5 Å². The highest BCUT2D eigenvalue weighted by Crippen LogP contribution is 2.33. The molecule has 1 aliphatic rings. The first-order chi connectivity index (χ1) is 15.6. The number of amides is 1. The van der Waals surface area contributed by atoms with Crippen LogP contribution in [0.5, 0.6) is 0 Å². The van der Waals surface area contributed by atoms with Crippen molar-refractivity contribution in [2.75, 3.05) is 10.0 Å². The normalized spacial score (nSPS) is 13.9. The third-order valence-electron chi connectivity index (χ3n) is 5.32. The number of nitriles is 1. The number of rotatable bonds is 7. The largest absolute Gasteiger partial charge is 0.323 e. The number of benzene rings is 1. The van der Waals surface area contributed by atoms with Gasteiger partial charge in [0, 0.05) is 23.3 Å². The molecule has 1 aliphatic carbocycles. The average Bonchev–Trinajstić information content (AvgIpc) is 3.55. The van der Waals surface area contributed by atoms with Gasteiger partial charge in [0.1, 0.15) is 11.9 Å². The van der Waals surface area contributed by atoms with Crippen LogP contribution in [0.25, 0.3) is 11.1 Å². The van der Waals surface area contributed by atoms with Gasteiger partial charge in [0.25, 0.3) is 0 Å². The number of halogens is 1. The molecular formula is C22H20FN5O3S2. The van der Waals surface area contributed by atoms with Crippen molar-refractivity contribution >= 4 is 38.1 Å². The summed E-state index contributed by atoms with van der Waals surface area (Å²) < 4.78 is 41.4. The van der Waals surface area contributed by atoms with Crippen LogP contribution in [0.3, 0.4) is 0 Å². The molecule has 0 radical (unpaired) electrons. The van der Waals surface area contributed by atoms with E-state index in [4.69, 9.17) is 5.26 Å². The van der Waals surface area contributed by atoms with Crippen LogP contribution in [0, 0.1) is 17.1 Å². The van der Waals surface area contributed by atoms with E-state index < -0.39 is 27.2 Å². The number of carbonyl (C=O) groups excluding carboxylic acids is 1. The number of nitrogens with zero attached hydrogens (tertiary/aromatic N) is 3. The molecule has 4 rings (SSSR count). The standard InChI is InChI=1S/C22H20FN5O3S2/c1-22(2,19-12-32-21(27-19)28-33(30,31)16-4-5-16)20(29)26-18-6-3-14(8-17(18)23)15-7-13(9-24)10-25-11-15/h3,6-8,10-12,16H,4-5H2,1-2H3,(H,26,29)(H,27,28). The Labute approximate surface area is 194 Å². The third-order valence-corrected chi connectivity index (χ3v) is 8.04. The van der Waals surface area contributed by atoms with Gasteiger partial charge in [0.05, 0.1) is 27.6 Å². The number of pyridine rings is 1. The van der Waals surface area contributed by atoms with Gasteiger partial charge in [-0.1, -0.05) is 6.07 Å². The summed E-state index contributed by atoms with van der Waals surface area (Å²) in [5, 5.41) is 13.0. The fraction of sp³-hybridized carbons (Fsp3) is 0.273. The SMILES string of the molecule is CC(C)(C(=O)Nc1ccc(-c2cncc(C#N)c2)cc1F)c1csc(NS(=O)(=O)C2CC2)n1. The van der Waals surface area contributed by atoms with Crippen molar-refractivity contribution in [3.63, 3.8) is 0 Å². The lowest BCUT2D eigenvalue weighted by atomic mass is 9.89. The van der Waals surface area contributed by atoms with E-state index in [0.29, 0.717) is 35.2 Å². The van der Waals surface area contributed by atoms with Crippen LogP contribution >= 0.6 is 11.3 Å². The van der Waals surface area contributed by atoms with Crippen molar-refractivity contribution in [3.05, 3.63) is 59.1 Å². The van der Waals surface area contributed by atoms with Crippen molar-refractivity contribution in [3.8, 4) is 17.2 Å². The first-order valence-electron chi connectivity index (χ1n) is 10.0. The van der Waals surface area contributed by atoms with E-state index in [9.17, 15) is 17.6 Å². The Balaban J connectivity index is 1.49. The van der Waals surface area contributed by atoms with Crippen molar-refractivity contribution in [2.24, 2.45) is 0 Å². The van der Waals surface area contributed by atoms with Crippen molar-refractivity contribution < 1.29 is 17.6 Å². The topological polar surface area (TPSA) is 125 Å². The predicted molar refractivity (Wildman–Crippen MR) is 124 cm³/mol. The van der Waals surface area contributed by atoms with E-state index in [1.807, 2.05) is 6.07 Å². The number of sulfonamides is 1. The number of hydrogen-bond acceptors (Lipinski definition) is 7. The van der Waals surface area contributed by atoms with Gasteiger partial charge in [0.2, 0.25) is 15.9 Å². The number of anilines is 2. The highest BCUT2D eigenvalue weighted by molar-refractivity contribution is 7.93. The van der Waals surface area contributed by atoms with Crippen molar-refractivity contribution in [2.45, 2.75) is 37.4 Å². The molecule has 170 valence electrons. The Kier molecular flexibility index (Phi) is 5.90. The van der Waals surface area contributed by atoms with Crippen LogP contribution < -0.4 is 10.0 Å². The van der Waals surface area contributed by atoms with Gasteiger partial charge >= 0.3 is 0 Å². The molecule has 3 aromatic rings. The summed E-state index contributed by atoms with van der Waals surface area (Å²) in [6.45, 7) is 3.25. The molecule has 0 atom stereocenters. The Morgan fingerprint density at radius 3 is 2.67 bits per heavy atom. The van der Waals surface area contributed by atoms with E-state index in [0.717, 1.165) is 11.3 Å². The summed E-state index contributed by atoms with van der Waals surface area (Å²) >= 11 is 1.09. The second-order valence-electron chi connectivity index (χ2n) is 8.23. The van der Waals surface area contributed by atoms with Crippen LogP contribution in [-0.2, 0) is 20.2 Å². The Morgan fingerprint density at radius 2 is 2.00 bits per heavy atom. The maximum atomic E-state index is 14.8. The van der Waals surface area contributed by atoms with E-state index >= 15 is 0 Å². The summed E-state index contributed by atoms with van der Waals surface area (Å²) in [5.74, 6) is -1.14. The van der Waals surface area contributed by atoms with Gasteiger partial charge in [-0.25, -0.2) is 17.8 Å². The molecule has 1 fully saturated rings. The van der Waals surface area contributed by atoms with Crippen LogP contribution in [0.2, 0.25) is 0 Å². The zero-order chi connectivity index (χ0) is 23.8. The minimum absolute atomic E-state index is 0.00823. The highest BCUT2D eigenvalue weighted by Gasteiger charge is 2.37. The summed E-state index contributed by atoms with van der Waals surface area (Å²) in [5.41, 5.74) is 0.669. The predicted octanol–water partition coefficient (Wildman–Crippen LogP) is 4.04. The molecule has 2 aromatic heterocycles. The summed E-state index contributed by atoms with van der Waals surface area (Å²) in [4.78, 5) is 21.2. The third kappa shape index (κ3) is 4.86. The summed E-state index contributed by atoms with van der Waals surface area (Å²) in [6.07, 6.45) is 4.20. The summed E-state index contributed by atoms with van der Waals surface area (Å²) in [6, 6.07) is 7.90. The van der Waals surface area contributed by atoms with Crippen LogP contribution in [0.4, 0.5) is 15.2 Å². The highest BCUT2D eigenvalue weighted by atomic mass is 32.2. The first kappa shape index (κ1) is 22.8. The molecule has 1 saturated carbocycles. The lowest BCUT2D eigenvalue weighted by molar-refractivity contribution is -0.120. The van der Waals surface area contributed by atoms with E-state index in [-0.39, 0.29) is 16.1 Å². The van der Waals surface area contributed by atoms with E-state index in [2.05, 4.69) is 20.0 Å². The van der Waals surface area contributed by atoms with Gasteiger partial charge in [-0.15, -0.1) is 11.3 Å². The van der Waals surface area contributed by atoms with E-state index in [1.54, 1.807) is 31.4 Å². The zero-order valence-electron chi connectivity index (χ0n) is 17.8. The van der Waals surface area contributed by atoms with Gasteiger partial charge in [0.15, 0.2) is 5.13 Å². The number of carbonyl (C=O) groups is 1. The van der Waals surface area contributed by atoms with Crippen LogP contribution in [0.1, 0.15) is 37.9 Å². The Morgan fingerprint density at radius 1 is 1.24 bits per heavy atom. The quantitative estimate of drug-likeness (QED) is 0.520. The lowest BCUT2D eigenvalue weighted by Crippen LogP contribution is -2.35. The number of hydrogen-bond donors (Lipinski definition) is 2. The molecule has 0 spiro atoms. The zero-order valence-corrected chi connectivity index (χ0v) is 19.4. The molecule has 0 saturated heterocycles. The summed E-state index contributed by atoms with van der Waals surface area (Å²) in [7, 11) is -3.45. The maximum absolute atomic E-state index is 14.8. The molecular weight excluding hydrogens is 465 g/mol. The molecule has 33 heavy (non-hydrogen) atoms. The lowest BCUT2D eigenvalue weighted by Gasteiger charge is -2.22. The molecule has 11 heteroatoms. The molecule has 1 aromatic carbocycles. The smallest absolute Gasteiger partial charge is 0.237 e. The Hall–Kier alpha value is -3.36. The van der Waals surface area contributed by atoms with Gasteiger partial charge < -0.3 is 5.32 Å². The number of nitrogens with one attached hydrogen (secondary N) is 2. The second-order valence-corrected chi connectivity index (χ2v) is 11.1. The first-order valence-corrected chi connectivity index (χ1v) is 12.5. The number of aromatic nitrogens is 2. The molecule has 2 heterocycles. The average molecular weight is 486 g/mol. The molecule has 0 bridgehead atoms. The monoisotopic (exact) mass is 485 g/mol. The van der Waals surface area contributed by atoms with Crippen molar-refractivity contribution in [1.82, 2.24) is 9.97 Å². The molecule has 1 amide bonds. The van der Waals surface area contributed by atoms with Gasteiger partial charge in [-0.3, -0.25) is 14.5 Å². The second kappa shape index (κ2) is 8.53. The van der Waals surface area contributed by atoms with E-state index in [1.165, 1.54) is 24.5 Å². The molecule has 8 nitrogen and oxygen atoms in total. The molecule has 2 N–H and O–H groups in total. The maximum Gasteiger partial charge on any atom is 0.237 e. The van der Waals surface area contributed by atoms with Crippen molar-refractivity contribution in [1.29, 1.82) is 5.26 Å². The molecule has 0 unspecified atom stereocenters. The fourth-order valence-corrected chi connectivity index (χ4v) is 5.52.